The molecule has 0 unspecified atom stereocenters. The summed E-state index contributed by atoms with van der Waals surface area (Å²) < 4.78 is 47.7. The van der Waals surface area contributed by atoms with Crippen molar-refractivity contribution < 1.29 is 17.9 Å². The Hall–Kier alpha value is -2.29. The van der Waals surface area contributed by atoms with Gasteiger partial charge in [0, 0.05) is 31.4 Å². The van der Waals surface area contributed by atoms with Crippen LogP contribution in [0.5, 0.6) is 5.75 Å². The van der Waals surface area contributed by atoms with Crippen LogP contribution in [-0.2, 0) is 12.7 Å². The Labute approximate surface area is 190 Å². The molecular weight excluding hydrogens is 441 g/mol. The smallest absolute Gasteiger partial charge is 0.417 e. The highest BCUT2D eigenvalue weighted by Gasteiger charge is 2.32. The van der Waals surface area contributed by atoms with E-state index in [1.807, 2.05) is 38.1 Å². The Morgan fingerprint density at radius 3 is 2.59 bits per heavy atom. The van der Waals surface area contributed by atoms with Crippen molar-refractivity contribution in [1.82, 2.24) is 19.6 Å². The van der Waals surface area contributed by atoms with Gasteiger partial charge in [0.1, 0.15) is 5.75 Å². The molecule has 5 nitrogen and oxygen atoms in total. The number of halogens is 4. The molecule has 0 bridgehead atoms. The third-order valence-electron chi connectivity index (χ3n) is 5.41. The maximum absolute atomic E-state index is 13.5. The van der Waals surface area contributed by atoms with Crippen LogP contribution in [0.15, 0.2) is 36.5 Å². The minimum atomic E-state index is -4.50. The maximum Gasteiger partial charge on any atom is 0.417 e. The molecule has 3 aromatic rings. The number of aromatic nitrogens is 2. The Morgan fingerprint density at radius 1 is 1.16 bits per heavy atom. The van der Waals surface area contributed by atoms with Gasteiger partial charge in [-0.05, 0) is 63.7 Å². The van der Waals surface area contributed by atoms with Crippen molar-refractivity contribution in [3.8, 4) is 17.0 Å². The van der Waals surface area contributed by atoms with Crippen LogP contribution in [0.25, 0.3) is 16.9 Å². The van der Waals surface area contributed by atoms with Crippen LogP contribution in [-0.4, -0.2) is 46.6 Å². The fraction of sp³-hybridized carbons (Fsp3) is 0.435. The number of imidazole rings is 1. The van der Waals surface area contributed by atoms with E-state index in [-0.39, 0.29) is 11.1 Å². The first kappa shape index (κ1) is 22.9. The summed E-state index contributed by atoms with van der Waals surface area (Å²) >= 11 is 6.27. The molecule has 1 aliphatic heterocycles. The number of hydrogen-bond acceptors (Lipinski definition) is 4. The van der Waals surface area contributed by atoms with Crippen molar-refractivity contribution in [3.63, 3.8) is 0 Å². The van der Waals surface area contributed by atoms with E-state index in [1.165, 1.54) is 4.40 Å². The third kappa shape index (κ3) is 5.03. The van der Waals surface area contributed by atoms with Crippen LogP contribution in [0.3, 0.4) is 0 Å². The molecule has 9 heteroatoms. The summed E-state index contributed by atoms with van der Waals surface area (Å²) in [5, 5.41) is 3.33. The highest BCUT2D eigenvalue weighted by molar-refractivity contribution is 6.33. The maximum atomic E-state index is 13.5. The lowest BCUT2D eigenvalue weighted by Gasteiger charge is -2.20. The van der Waals surface area contributed by atoms with E-state index in [0.717, 1.165) is 56.2 Å². The number of rotatable bonds is 5. The van der Waals surface area contributed by atoms with Gasteiger partial charge in [-0.15, -0.1) is 0 Å². The van der Waals surface area contributed by atoms with Crippen LogP contribution in [0.4, 0.5) is 13.2 Å². The first-order chi connectivity index (χ1) is 15.2. The first-order valence-corrected chi connectivity index (χ1v) is 11.1. The monoisotopic (exact) mass is 466 g/mol. The summed E-state index contributed by atoms with van der Waals surface area (Å²) in [6.07, 6.45) is -2.38. The van der Waals surface area contributed by atoms with Crippen LogP contribution < -0.4 is 10.1 Å². The normalized spacial score (nSPS) is 16.0. The Kier molecular flexibility index (Phi) is 6.65. The van der Waals surface area contributed by atoms with Gasteiger partial charge >= 0.3 is 6.18 Å². The number of fused-ring (bicyclic) bond motifs is 1. The minimum absolute atomic E-state index is 0.0235. The second-order valence-corrected chi connectivity index (χ2v) is 8.65. The minimum Gasteiger partial charge on any atom is -0.491 e. The predicted octanol–water partition coefficient (Wildman–Crippen LogP) is 5.26. The highest BCUT2D eigenvalue weighted by Crippen LogP contribution is 2.35. The van der Waals surface area contributed by atoms with E-state index in [9.17, 15) is 13.2 Å². The second-order valence-electron chi connectivity index (χ2n) is 8.25. The molecular formula is C23H26ClF3N4O. The number of nitrogens with one attached hydrogen (secondary N) is 1. The Bertz CT molecular complexity index is 1070. The van der Waals surface area contributed by atoms with Gasteiger partial charge in [-0.2, -0.15) is 13.2 Å². The molecule has 1 fully saturated rings. The molecule has 0 spiro atoms. The average molecular weight is 467 g/mol. The summed E-state index contributed by atoms with van der Waals surface area (Å²) in [6, 6.07) is 8.40. The quantitative estimate of drug-likeness (QED) is 0.557. The molecule has 2 aromatic heterocycles. The average Bonchev–Trinajstić information content (AvgIpc) is 2.90. The largest absolute Gasteiger partial charge is 0.491 e. The van der Waals surface area contributed by atoms with E-state index in [1.54, 1.807) is 0 Å². The van der Waals surface area contributed by atoms with Gasteiger partial charge in [-0.25, -0.2) is 4.98 Å². The fourth-order valence-corrected chi connectivity index (χ4v) is 4.17. The molecule has 0 aliphatic carbocycles. The molecule has 32 heavy (non-hydrogen) atoms. The van der Waals surface area contributed by atoms with E-state index < -0.39 is 11.7 Å². The van der Waals surface area contributed by atoms with Gasteiger partial charge in [0.2, 0.25) is 0 Å². The van der Waals surface area contributed by atoms with Crippen molar-refractivity contribution in [2.45, 2.75) is 39.1 Å². The third-order valence-corrected chi connectivity index (χ3v) is 5.69. The van der Waals surface area contributed by atoms with Gasteiger partial charge in [0.25, 0.3) is 0 Å². The number of ether oxygens (including phenoxy) is 1. The van der Waals surface area contributed by atoms with E-state index >= 15 is 0 Å². The van der Waals surface area contributed by atoms with Crippen molar-refractivity contribution in [3.05, 3.63) is 52.8 Å². The van der Waals surface area contributed by atoms with E-state index in [2.05, 4.69) is 15.2 Å². The van der Waals surface area contributed by atoms with Gasteiger partial charge in [-0.3, -0.25) is 4.90 Å². The van der Waals surface area contributed by atoms with Gasteiger partial charge in [-0.1, -0.05) is 11.6 Å². The van der Waals surface area contributed by atoms with E-state index in [0.29, 0.717) is 23.6 Å². The molecule has 1 aliphatic rings. The molecule has 0 atom stereocenters. The van der Waals surface area contributed by atoms with E-state index in [4.69, 9.17) is 16.3 Å². The lowest BCUT2D eigenvalue weighted by Crippen LogP contribution is -2.28. The van der Waals surface area contributed by atoms with Crippen LogP contribution in [0.1, 0.15) is 31.5 Å². The molecule has 1 saturated heterocycles. The van der Waals surface area contributed by atoms with Gasteiger partial charge < -0.3 is 14.5 Å². The molecule has 4 rings (SSSR count). The molecule has 1 aromatic carbocycles. The molecule has 172 valence electrons. The highest BCUT2D eigenvalue weighted by atomic mass is 35.5. The van der Waals surface area contributed by atoms with Crippen LogP contribution in [0, 0.1) is 0 Å². The predicted molar refractivity (Wildman–Crippen MR) is 119 cm³/mol. The van der Waals surface area contributed by atoms with Crippen molar-refractivity contribution in [2.24, 2.45) is 0 Å². The molecule has 1 N–H and O–H groups in total. The SMILES string of the molecule is CC(C)Oc1ccc(-c2nc3c(Cl)cc(C(F)(F)F)cn3c2CN2CCCNCC2)cc1. The topological polar surface area (TPSA) is 41.8 Å². The van der Waals surface area contributed by atoms with Gasteiger partial charge in [0.15, 0.2) is 5.65 Å². The number of alkyl halides is 3. The van der Waals surface area contributed by atoms with Crippen molar-refractivity contribution in [2.75, 3.05) is 26.2 Å². The second kappa shape index (κ2) is 9.29. The zero-order valence-electron chi connectivity index (χ0n) is 18.0. The lowest BCUT2D eigenvalue weighted by molar-refractivity contribution is -0.137. The summed E-state index contributed by atoms with van der Waals surface area (Å²) in [5.41, 5.74) is 1.64. The Balaban J connectivity index is 1.82. The summed E-state index contributed by atoms with van der Waals surface area (Å²) in [6.45, 7) is 7.79. The molecule has 3 heterocycles. The zero-order valence-corrected chi connectivity index (χ0v) is 18.8. The summed E-state index contributed by atoms with van der Waals surface area (Å²) in [7, 11) is 0. The molecule has 0 saturated carbocycles. The number of pyridine rings is 1. The van der Waals surface area contributed by atoms with Crippen molar-refractivity contribution >= 4 is 17.2 Å². The number of benzene rings is 1. The van der Waals surface area contributed by atoms with Gasteiger partial charge in [0.05, 0.1) is 28.1 Å². The Morgan fingerprint density at radius 2 is 1.91 bits per heavy atom. The standard InChI is InChI=1S/C23H26ClF3N4O/c1-15(2)32-18-6-4-16(5-7-18)21-20(14-30-10-3-8-28-9-11-30)31-13-17(23(25,26)27)12-19(24)22(31)29-21/h4-7,12-13,15,28H,3,8-11,14H2,1-2H3. The molecule has 0 amide bonds. The summed E-state index contributed by atoms with van der Waals surface area (Å²) in [5.74, 6) is 0.727. The summed E-state index contributed by atoms with van der Waals surface area (Å²) in [4.78, 5) is 6.90. The van der Waals surface area contributed by atoms with Crippen LogP contribution in [0.2, 0.25) is 5.02 Å². The fourth-order valence-electron chi connectivity index (χ4n) is 3.92. The molecule has 0 radical (unpaired) electrons. The first-order valence-electron chi connectivity index (χ1n) is 10.7. The van der Waals surface area contributed by atoms with Crippen LogP contribution >= 0.6 is 11.6 Å². The van der Waals surface area contributed by atoms with Crippen molar-refractivity contribution in [1.29, 1.82) is 0 Å². The zero-order chi connectivity index (χ0) is 22.9. The lowest BCUT2D eigenvalue weighted by atomic mass is 10.1. The number of hydrogen-bond donors (Lipinski definition) is 1. The number of nitrogens with zero attached hydrogens (tertiary/aromatic N) is 3.